The van der Waals surface area contributed by atoms with Gasteiger partial charge in [0.1, 0.15) is 0 Å². The maximum absolute atomic E-state index is 12.8. The van der Waals surface area contributed by atoms with Crippen LogP contribution in [-0.4, -0.2) is 63.8 Å². The lowest BCUT2D eigenvalue weighted by Gasteiger charge is -2.19. The lowest BCUT2D eigenvalue weighted by molar-refractivity contribution is 0.297. The molecule has 1 saturated heterocycles. The number of hydrogen-bond acceptors (Lipinski definition) is 9. The fraction of sp³-hybridized carbons (Fsp3) is 0.526. The third kappa shape index (κ3) is 4.57. The van der Waals surface area contributed by atoms with Crippen LogP contribution in [-0.2, 0) is 16.6 Å². The molecule has 0 radical (unpaired) electrons. The number of benzene rings is 1. The Morgan fingerprint density at radius 2 is 1.77 bits per heavy atom. The molecule has 0 amide bonds. The number of aromatic nitrogens is 3. The van der Waals surface area contributed by atoms with Gasteiger partial charge in [-0.3, -0.25) is 0 Å². The Labute approximate surface area is 176 Å². The number of sulfonamides is 1. The lowest BCUT2D eigenvalue weighted by Crippen LogP contribution is -2.27. The SMILES string of the molecule is CN(C)c1nc(CNS(=O)(=O)c2ccc3c(c2)OCCCO3)nc(N2CCCC2)n1. The maximum atomic E-state index is 12.8. The van der Waals surface area contributed by atoms with Crippen LogP contribution in [0.3, 0.4) is 0 Å². The third-order valence-electron chi connectivity index (χ3n) is 4.90. The number of nitrogens with zero attached hydrogens (tertiary/aromatic N) is 5. The van der Waals surface area contributed by atoms with E-state index in [4.69, 9.17) is 9.47 Å². The molecule has 0 bridgehead atoms. The van der Waals surface area contributed by atoms with Gasteiger partial charge in [0.2, 0.25) is 21.9 Å². The summed E-state index contributed by atoms with van der Waals surface area (Å²) < 4.78 is 39.4. The molecule has 1 aromatic heterocycles. The normalized spacial score (nSPS) is 16.4. The highest BCUT2D eigenvalue weighted by atomic mass is 32.2. The molecular formula is C19H26N6O4S. The van der Waals surface area contributed by atoms with E-state index in [0.717, 1.165) is 32.4 Å². The van der Waals surface area contributed by atoms with Crippen molar-refractivity contribution in [3.8, 4) is 11.5 Å². The van der Waals surface area contributed by atoms with Crippen LogP contribution in [0.25, 0.3) is 0 Å². The molecule has 2 aliphatic rings. The Morgan fingerprint density at radius 1 is 1.03 bits per heavy atom. The Kier molecular flexibility index (Phi) is 5.91. The summed E-state index contributed by atoms with van der Waals surface area (Å²) in [5.41, 5.74) is 0. The molecule has 0 atom stereocenters. The van der Waals surface area contributed by atoms with Crippen molar-refractivity contribution in [2.45, 2.75) is 30.7 Å². The quantitative estimate of drug-likeness (QED) is 0.716. The first-order valence-corrected chi connectivity index (χ1v) is 11.5. The molecule has 4 rings (SSSR count). The number of hydrogen-bond donors (Lipinski definition) is 1. The molecule has 0 saturated carbocycles. The van der Waals surface area contributed by atoms with Crippen molar-refractivity contribution in [2.24, 2.45) is 0 Å². The second kappa shape index (κ2) is 8.60. The third-order valence-corrected chi connectivity index (χ3v) is 6.30. The predicted octanol–water partition coefficient (Wildman–Crippen LogP) is 1.18. The number of rotatable bonds is 6. The molecular weight excluding hydrogens is 408 g/mol. The first-order valence-electron chi connectivity index (χ1n) is 9.99. The van der Waals surface area contributed by atoms with Crippen LogP contribution in [0, 0.1) is 0 Å². The topological polar surface area (TPSA) is 110 Å². The minimum Gasteiger partial charge on any atom is -0.490 e. The molecule has 11 heteroatoms. The van der Waals surface area contributed by atoms with Crippen LogP contribution in [0.2, 0.25) is 0 Å². The number of fused-ring (bicyclic) bond motifs is 1. The highest BCUT2D eigenvalue weighted by Crippen LogP contribution is 2.31. The van der Waals surface area contributed by atoms with Gasteiger partial charge in [0.05, 0.1) is 24.7 Å². The van der Waals surface area contributed by atoms with Crippen molar-refractivity contribution in [3.63, 3.8) is 0 Å². The van der Waals surface area contributed by atoms with Crippen molar-refractivity contribution in [3.05, 3.63) is 24.0 Å². The highest BCUT2D eigenvalue weighted by molar-refractivity contribution is 7.89. The van der Waals surface area contributed by atoms with Crippen molar-refractivity contribution in [1.82, 2.24) is 19.7 Å². The molecule has 30 heavy (non-hydrogen) atoms. The second-order valence-corrected chi connectivity index (χ2v) is 9.19. The zero-order valence-electron chi connectivity index (χ0n) is 17.2. The van der Waals surface area contributed by atoms with E-state index in [1.165, 1.54) is 12.1 Å². The average Bonchev–Trinajstić information content (AvgIpc) is 3.17. The van der Waals surface area contributed by atoms with Gasteiger partial charge in [-0.15, -0.1) is 0 Å². The van der Waals surface area contributed by atoms with E-state index in [1.807, 2.05) is 14.1 Å². The molecule has 1 aromatic carbocycles. The fourth-order valence-electron chi connectivity index (χ4n) is 3.29. The number of anilines is 2. The van der Waals surface area contributed by atoms with Gasteiger partial charge in [-0.2, -0.15) is 15.0 Å². The van der Waals surface area contributed by atoms with Gasteiger partial charge < -0.3 is 19.3 Å². The first-order chi connectivity index (χ1) is 14.4. The summed E-state index contributed by atoms with van der Waals surface area (Å²) in [6.07, 6.45) is 2.94. The van der Waals surface area contributed by atoms with Gasteiger partial charge in [-0.1, -0.05) is 0 Å². The molecule has 0 aliphatic carbocycles. The lowest BCUT2D eigenvalue weighted by atomic mass is 10.3. The highest BCUT2D eigenvalue weighted by Gasteiger charge is 2.21. The smallest absolute Gasteiger partial charge is 0.241 e. The van der Waals surface area contributed by atoms with Crippen LogP contribution in [0.4, 0.5) is 11.9 Å². The Bertz CT molecular complexity index is 1010. The van der Waals surface area contributed by atoms with E-state index in [-0.39, 0.29) is 11.4 Å². The van der Waals surface area contributed by atoms with Crippen LogP contribution in [0.15, 0.2) is 23.1 Å². The molecule has 2 aliphatic heterocycles. The Hall–Kier alpha value is -2.66. The van der Waals surface area contributed by atoms with Gasteiger partial charge in [-0.05, 0) is 25.0 Å². The molecule has 162 valence electrons. The van der Waals surface area contributed by atoms with Crippen molar-refractivity contribution in [1.29, 1.82) is 0 Å². The van der Waals surface area contributed by atoms with Gasteiger partial charge in [0.25, 0.3) is 0 Å². The van der Waals surface area contributed by atoms with Crippen LogP contribution in [0.1, 0.15) is 25.1 Å². The molecule has 1 fully saturated rings. The minimum absolute atomic E-state index is 0.0407. The van der Waals surface area contributed by atoms with Crippen molar-refractivity contribution < 1.29 is 17.9 Å². The molecule has 0 unspecified atom stereocenters. The monoisotopic (exact) mass is 434 g/mol. The minimum atomic E-state index is -3.78. The van der Waals surface area contributed by atoms with Gasteiger partial charge in [0, 0.05) is 39.7 Å². The van der Waals surface area contributed by atoms with Crippen LogP contribution < -0.4 is 24.0 Å². The molecule has 1 N–H and O–H groups in total. The molecule has 10 nitrogen and oxygen atoms in total. The van der Waals surface area contributed by atoms with E-state index >= 15 is 0 Å². The first kappa shape index (κ1) is 20.6. The summed E-state index contributed by atoms with van der Waals surface area (Å²) in [7, 11) is -0.0979. The van der Waals surface area contributed by atoms with E-state index < -0.39 is 10.0 Å². The standard InChI is InChI=1S/C19H26N6O4S/c1-24(2)18-21-17(22-19(23-18)25-8-3-4-9-25)13-20-30(26,27)14-6-7-15-16(12-14)29-11-5-10-28-15/h6-7,12,20H,3-5,8-11,13H2,1-2H3. The summed E-state index contributed by atoms with van der Waals surface area (Å²) >= 11 is 0. The van der Waals surface area contributed by atoms with Crippen molar-refractivity contribution in [2.75, 3.05) is 50.2 Å². The number of ether oxygens (including phenoxy) is 2. The summed E-state index contributed by atoms with van der Waals surface area (Å²) in [4.78, 5) is 17.3. The zero-order chi connectivity index (χ0) is 21.1. The fourth-order valence-corrected chi connectivity index (χ4v) is 4.28. The summed E-state index contributed by atoms with van der Waals surface area (Å²) in [6.45, 7) is 2.77. The molecule has 0 spiro atoms. The average molecular weight is 435 g/mol. The van der Waals surface area contributed by atoms with Crippen molar-refractivity contribution >= 4 is 21.9 Å². The Morgan fingerprint density at radius 3 is 2.50 bits per heavy atom. The maximum Gasteiger partial charge on any atom is 0.241 e. The summed E-state index contributed by atoms with van der Waals surface area (Å²) in [5, 5.41) is 0. The van der Waals surface area contributed by atoms with E-state index in [0.29, 0.717) is 42.4 Å². The van der Waals surface area contributed by atoms with Gasteiger partial charge in [0.15, 0.2) is 17.3 Å². The predicted molar refractivity (Wildman–Crippen MR) is 112 cm³/mol. The second-order valence-electron chi connectivity index (χ2n) is 7.42. The van der Waals surface area contributed by atoms with Crippen LogP contribution in [0.5, 0.6) is 11.5 Å². The molecule has 2 aromatic rings. The van der Waals surface area contributed by atoms with E-state index in [2.05, 4.69) is 24.6 Å². The summed E-state index contributed by atoms with van der Waals surface area (Å²) in [5.74, 6) is 2.43. The van der Waals surface area contributed by atoms with Gasteiger partial charge >= 0.3 is 0 Å². The zero-order valence-corrected chi connectivity index (χ0v) is 18.0. The largest absolute Gasteiger partial charge is 0.490 e. The molecule has 3 heterocycles. The Balaban J connectivity index is 1.54. The van der Waals surface area contributed by atoms with Crippen LogP contribution >= 0.6 is 0 Å². The van der Waals surface area contributed by atoms with E-state index in [9.17, 15) is 8.42 Å². The van der Waals surface area contributed by atoms with Gasteiger partial charge in [-0.25, -0.2) is 13.1 Å². The summed E-state index contributed by atoms with van der Waals surface area (Å²) in [6, 6.07) is 4.61. The van der Waals surface area contributed by atoms with E-state index in [1.54, 1.807) is 11.0 Å². The number of nitrogens with one attached hydrogen (secondary N) is 1.